The molecule has 0 saturated carbocycles. The summed E-state index contributed by atoms with van der Waals surface area (Å²) < 4.78 is 33.0. The monoisotopic (exact) mass is 337 g/mol. The molecule has 3 atom stereocenters. The lowest BCUT2D eigenvalue weighted by atomic mass is 10.0. The number of ether oxygens (including phenoxy) is 1. The number of benzene rings is 1. The molecule has 0 aliphatic carbocycles. The van der Waals surface area contributed by atoms with Gasteiger partial charge >= 0.3 is 0 Å². The molecule has 2 aromatic rings. The zero-order valence-electron chi connectivity index (χ0n) is 13.5. The summed E-state index contributed by atoms with van der Waals surface area (Å²) in [6.45, 7) is 1.07. The van der Waals surface area contributed by atoms with Gasteiger partial charge in [-0.2, -0.15) is 0 Å². The Morgan fingerprint density at radius 3 is 3.00 bits per heavy atom. The zero-order valence-corrected chi connectivity index (χ0v) is 13.5. The molecule has 130 valence electrons. The molecule has 2 unspecified atom stereocenters. The fourth-order valence-corrected chi connectivity index (χ4v) is 3.11. The van der Waals surface area contributed by atoms with E-state index in [-0.39, 0.29) is 18.6 Å². The highest BCUT2D eigenvalue weighted by molar-refractivity contribution is 5.84. The van der Waals surface area contributed by atoms with E-state index in [0.29, 0.717) is 29.7 Å². The summed E-state index contributed by atoms with van der Waals surface area (Å²) in [4.78, 5) is 5.87. The Morgan fingerprint density at radius 1 is 1.50 bits per heavy atom. The van der Waals surface area contributed by atoms with Crippen molar-refractivity contribution < 1.29 is 18.6 Å². The Hall–Kier alpha value is -1.83. The number of likely N-dealkylation sites (tertiary alicyclic amines) is 1. The highest BCUT2D eigenvalue weighted by Gasteiger charge is 2.28. The van der Waals surface area contributed by atoms with E-state index in [4.69, 9.17) is 10.5 Å². The van der Waals surface area contributed by atoms with Gasteiger partial charge in [0, 0.05) is 36.8 Å². The first kappa shape index (κ1) is 17.0. The highest BCUT2D eigenvalue weighted by Crippen LogP contribution is 2.29. The van der Waals surface area contributed by atoms with E-state index < -0.39 is 24.1 Å². The van der Waals surface area contributed by atoms with Crippen LogP contribution in [0.4, 0.5) is 8.78 Å². The molecule has 0 radical (unpaired) electrons. The Labute approximate surface area is 139 Å². The van der Waals surface area contributed by atoms with Crippen molar-refractivity contribution in [3.63, 3.8) is 0 Å². The van der Waals surface area contributed by atoms with Gasteiger partial charge in [-0.25, -0.2) is 8.78 Å². The number of β-amino-alcohol motifs (C(OH)–C–C–N with tert-alkyl or cyclic N) is 1. The summed E-state index contributed by atoms with van der Waals surface area (Å²) in [5, 5.41) is 11.1. The second kappa shape index (κ2) is 6.96. The van der Waals surface area contributed by atoms with Crippen LogP contribution in [0.15, 0.2) is 24.4 Å². The molecular weight excluding hydrogens is 316 g/mol. The van der Waals surface area contributed by atoms with E-state index in [1.165, 1.54) is 19.4 Å². The maximum atomic E-state index is 14.1. The predicted octanol–water partition coefficient (Wildman–Crippen LogP) is 1.79. The number of alkyl halides is 1. The van der Waals surface area contributed by atoms with Gasteiger partial charge in [-0.1, -0.05) is 0 Å². The van der Waals surface area contributed by atoms with Crippen LogP contribution in [-0.4, -0.2) is 53.9 Å². The molecule has 0 spiro atoms. The number of halogens is 2. The van der Waals surface area contributed by atoms with Crippen LogP contribution in [0.2, 0.25) is 0 Å². The van der Waals surface area contributed by atoms with E-state index in [1.807, 2.05) is 4.90 Å². The van der Waals surface area contributed by atoms with Crippen LogP contribution in [0, 0.1) is 5.82 Å². The van der Waals surface area contributed by atoms with Crippen LogP contribution in [-0.2, 0) is 0 Å². The molecule has 2 heterocycles. The predicted molar refractivity (Wildman–Crippen MR) is 87.1 cm³/mol. The van der Waals surface area contributed by atoms with Crippen LogP contribution < -0.4 is 10.5 Å². The second-order valence-corrected chi connectivity index (χ2v) is 6.15. The first-order valence-electron chi connectivity index (χ1n) is 7.92. The smallest absolute Gasteiger partial charge is 0.153 e. The summed E-state index contributed by atoms with van der Waals surface area (Å²) in [6.07, 6.45) is 0.0229. The SMILES string of the molecule is COc1cc(F)c2nccc([C@@H](O)CN3CCC(N)C(F)C3)c2c1. The van der Waals surface area contributed by atoms with Gasteiger partial charge in [-0.3, -0.25) is 9.88 Å². The molecule has 1 fully saturated rings. The molecule has 7 heteroatoms. The number of hydrogen-bond donors (Lipinski definition) is 2. The van der Waals surface area contributed by atoms with Crippen LogP contribution in [0.3, 0.4) is 0 Å². The molecule has 24 heavy (non-hydrogen) atoms. The normalized spacial score (nSPS) is 23.4. The molecule has 0 bridgehead atoms. The molecular formula is C17H21F2N3O2. The molecule has 1 saturated heterocycles. The van der Waals surface area contributed by atoms with Crippen molar-refractivity contribution in [2.24, 2.45) is 5.73 Å². The van der Waals surface area contributed by atoms with E-state index in [2.05, 4.69) is 4.98 Å². The number of aliphatic hydroxyl groups excluding tert-OH is 1. The molecule has 3 N–H and O–H groups in total. The van der Waals surface area contributed by atoms with Gasteiger partial charge in [0.2, 0.25) is 0 Å². The highest BCUT2D eigenvalue weighted by atomic mass is 19.1. The molecule has 1 aromatic heterocycles. The average molecular weight is 337 g/mol. The van der Waals surface area contributed by atoms with Crippen molar-refractivity contribution >= 4 is 10.9 Å². The summed E-state index contributed by atoms with van der Waals surface area (Å²) in [5.74, 6) is -0.152. The van der Waals surface area contributed by atoms with Crippen molar-refractivity contribution in [1.29, 1.82) is 0 Å². The van der Waals surface area contributed by atoms with Crippen molar-refractivity contribution in [3.8, 4) is 5.75 Å². The first-order valence-corrected chi connectivity index (χ1v) is 7.92. The van der Waals surface area contributed by atoms with Crippen LogP contribution in [0.5, 0.6) is 5.75 Å². The van der Waals surface area contributed by atoms with Crippen molar-refractivity contribution in [3.05, 3.63) is 35.8 Å². The number of methoxy groups -OCH3 is 1. The quantitative estimate of drug-likeness (QED) is 0.890. The van der Waals surface area contributed by atoms with Gasteiger partial charge in [0.05, 0.1) is 13.2 Å². The fourth-order valence-electron chi connectivity index (χ4n) is 3.11. The summed E-state index contributed by atoms with van der Waals surface area (Å²) in [6, 6.07) is 4.10. The van der Waals surface area contributed by atoms with Gasteiger partial charge in [-0.05, 0) is 30.7 Å². The standard InChI is InChI=1S/C17H21F2N3O2/c1-24-10-6-12-11(2-4-21-17(12)13(18)7-10)16(23)9-22-5-3-15(20)14(19)8-22/h2,4,6-7,14-16,23H,3,5,8-9,20H2,1H3/t14?,15?,16-/m0/s1. The second-order valence-electron chi connectivity index (χ2n) is 6.15. The van der Waals surface area contributed by atoms with Gasteiger partial charge < -0.3 is 15.6 Å². The molecule has 1 aliphatic heterocycles. The third-order valence-corrected chi connectivity index (χ3v) is 4.51. The lowest BCUT2D eigenvalue weighted by Crippen LogP contribution is -2.49. The number of pyridine rings is 1. The topological polar surface area (TPSA) is 71.6 Å². The number of rotatable bonds is 4. The first-order chi connectivity index (χ1) is 11.5. The maximum Gasteiger partial charge on any atom is 0.153 e. The zero-order chi connectivity index (χ0) is 17.3. The number of nitrogens with two attached hydrogens (primary N) is 1. The van der Waals surface area contributed by atoms with Gasteiger partial charge in [0.15, 0.2) is 5.82 Å². The minimum atomic E-state index is -1.10. The largest absolute Gasteiger partial charge is 0.497 e. The number of aromatic nitrogens is 1. The summed E-state index contributed by atoms with van der Waals surface area (Å²) >= 11 is 0. The van der Waals surface area contributed by atoms with Crippen molar-refractivity contribution in [2.45, 2.75) is 24.7 Å². The summed E-state index contributed by atoms with van der Waals surface area (Å²) in [7, 11) is 1.45. The Morgan fingerprint density at radius 2 is 2.29 bits per heavy atom. The van der Waals surface area contributed by atoms with E-state index in [0.717, 1.165) is 0 Å². The fraction of sp³-hybridized carbons (Fsp3) is 0.471. The van der Waals surface area contributed by atoms with E-state index in [1.54, 1.807) is 12.1 Å². The van der Waals surface area contributed by atoms with E-state index >= 15 is 0 Å². The van der Waals surface area contributed by atoms with Crippen LogP contribution >= 0.6 is 0 Å². The number of nitrogens with zero attached hydrogens (tertiary/aromatic N) is 2. The molecule has 5 nitrogen and oxygen atoms in total. The lowest BCUT2D eigenvalue weighted by Gasteiger charge is -2.34. The van der Waals surface area contributed by atoms with Crippen molar-refractivity contribution in [1.82, 2.24) is 9.88 Å². The Bertz CT molecular complexity index is 728. The third kappa shape index (κ3) is 3.33. The average Bonchev–Trinajstić information content (AvgIpc) is 2.57. The van der Waals surface area contributed by atoms with Crippen LogP contribution in [0.1, 0.15) is 18.1 Å². The number of fused-ring (bicyclic) bond motifs is 1. The van der Waals surface area contributed by atoms with E-state index in [9.17, 15) is 13.9 Å². The maximum absolute atomic E-state index is 14.1. The van der Waals surface area contributed by atoms with Crippen LogP contribution in [0.25, 0.3) is 10.9 Å². The third-order valence-electron chi connectivity index (χ3n) is 4.51. The minimum absolute atomic E-state index is 0.177. The molecule has 1 aliphatic rings. The van der Waals surface area contributed by atoms with Gasteiger partial charge in [-0.15, -0.1) is 0 Å². The minimum Gasteiger partial charge on any atom is -0.497 e. The lowest BCUT2D eigenvalue weighted by molar-refractivity contribution is 0.0651. The molecule has 3 rings (SSSR count). The van der Waals surface area contributed by atoms with Gasteiger partial charge in [0.25, 0.3) is 0 Å². The Balaban J connectivity index is 1.87. The molecule has 0 amide bonds. The summed E-state index contributed by atoms with van der Waals surface area (Å²) in [5.41, 5.74) is 6.40. The van der Waals surface area contributed by atoms with Gasteiger partial charge in [0.1, 0.15) is 17.4 Å². The Kier molecular flexibility index (Phi) is 4.93. The van der Waals surface area contributed by atoms with Crippen molar-refractivity contribution in [2.75, 3.05) is 26.7 Å². The number of hydrogen-bond acceptors (Lipinski definition) is 5. The number of aliphatic hydroxyl groups is 1. The molecule has 1 aromatic carbocycles. The number of piperidine rings is 1.